The molecule has 1 amide bonds. The van der Waals surface area contributed by atoms with Gasteiger partial charge in [-0.05, 0) is 38.1 Å². The molecule has 0 radical (unpaired) electrons. The second kappa shape index (κ2) is 7.40. The lowest BCUT2D eigenvalue weighted by atomic mass is 10.1. The highest BCUT2D eigenvalue weighted by Crippen LogP contribution is 2.42. The van der Waals surface area contributed by atoms with Crippen LogP contribution in [0.25, 0.3) is 0 Å². The Labute approximate surface area is 146 Å². The minimum absolute atomic E-state index is 0.0143. The van der Waals surface area contributed by atoms with Crippen molar-refractivity contribution in [3.8, 4) is 0 Å². The van der Waals surface area contributed by atoms with Crippen LogP contribution in [0.4, 0.5) is 0 Å². The summed E-state index contributed by atoms with van der Waals surface area (Å²) in [7, 11) is 0. The van der Waals surface area contributed by atoms with Crippen molar-refractivity contribution in [2.45, 2.75) is 38.6 Å². The van der Waals surface area contributed by atoms with Crippen molar-refractivity contribution in [3.05, 3.63) is 40.6 Å². The Morgan fingerprint density at radius 1 is 1.50 bits per heavy atom. The molecule has 2 aromatic rings. The van der Waals surface area contributed by atoms with E-state index in [-0.39, 0.29) is 17.6 Å². The second-order valence-electron chi connectivity index (χ2n) is 6.04. The highest BCUT2D eigenvalue weighted by Gasteiger charge is 2.31. The molecular weight excluding hydrogens is 328 g/mol. The summed E-state index contributed by atoms with van der Waals surface area (Å²) < 4.78 is 5.55. The van der Waals surface area contributed by atoms with Crippen molar-refractivity contribution in [1.82, 2.24) is 20.4 Å². The maximum Gasteiger partial charge on any atom is 0.273 e. The standard InChI is InChI=1S/C17H23ClN4O2/c1-3-22(4-2)12(13-6-5-9-24-13)10-19-17(23)16-14(18)15(20-21-16)11-7-8-11/h5-6,9,11-12H,3-4,7-8,10H2,1-2H3,(H,19,23)(H,20,21). The molecule has 0 aromatic carbocycles. The fourth-order valence-corrected chi connectivity index (χ4v) is 3.29. The van der Waals surface area contributed by atoms with Crippen LogP contribution in [0.5, 0.6) is 0 Å². The number of H-pyrrole nitrogens is 1. The van der Waals surface area contributed by atoms with E-state index in [1.807, 2.05) is 12.1 Å². The highest BCUT2D eigenvalue weighted by molar-refractivity contribution is 6.34. The SMILES string of the molecule is CCN(CC)C(CNC(=O)c1n[nH]c(C2CC2)c1Cl)c1ccco1. The predicted octanol–water partition coefficient (Wildman–Crippen LogP) is 3.35. The highest BCUT2D eigenvalue weighted by atomic mass is 35.5. The van der Waals surface area contributed by atoms with Gasteiger partial charge in [0.15, 0.2) is 5.69 Å². The van der Waals surface area contributed by atoms with Gasteiger partial charge in [-0.25, -0.2) is 0 Å². The number of hydrogen-bond acceptors (Lipinski definition) is 4. The zero-order valence-electron chi connectivity index (χ0n) is 14.0. The van der Waals surface area contributed by atoms with Crippen molar-refractivity contribution >= 4 is 17.5 Å². The molecule has 1 fully saturated rings. The first kappa shape index (κ1) is 17.0. The molecule has 7 heteroatoms. The normalized spacial score (nSPS) is 15.7. The van der Waals surface area contributed by atoms with Gasteiger partial charge >= 0.3 is 0 Å². The van der Waals surface area contributed by atoms with Crippen LogP contribution in [-0.4, -0.2) is 40.6 Å². The number of carbonyl (C=O) groups is 1. The second-order valence-corrected chi connectivity index (χ2v) is 6.41. The maximum atomic E-state index is 12.5. The Morgan fingerprint density at radius 3 is 2.83 bits per heavy atom. The summed E-state index contributed by atoms with van der Waals surface area (Å²) in [6, 6.07) is 3.78. The van der Waals surface area contributed by atoms with Gasteiger partial charge in [-0.15, -0.1) is 0 Å². The van der Waals surface area contributed by atoms with Crippen LogP contribution in [-0.2, 0) is 0 Å². The number of nitrogens with zero attached hydrogens (tertiary/aromatic N) is 2. The lowest BCUT2D eigenvalue weighted by molar-refractivity contribution is 0.0925. The Morgan fingerprint density at radius 2 is 2.25 bits per heavy atom. The summed E-state index contributed by atoms with van der Waals surface area (Å²) in [4.78, 5) is 14.7. The number of halogens is 1. The van der Waals surface area contributed by atoms with Gasteiger partial charge in [-0.2, -0.15) is 5.10 Å². The van der Waals surface area contributed by atoms with Gasteiger partial charge in [0, 0.05) is 12.5 Å². The summed E-state index contributed by atoms with van der Waals surface area (Å²) in [6.07, 6.45) is 3.86. The van der Waals surface area contributed by atoms with Crippen LogP contribution < -0.4 is 5.32 Å². The van der Waals surface area contributed by atoms with E-state index < -0.39 is 0 Å². The van der Waals surface area contributed by atoms with Crippen LogP contribution >= 0.6 is 11.6 Å². The molecule has 0 saturated heterocycles. The Kier molecular flexibility index (Phi) is 5.26. The van der Waals surface area contributed by atoms with Crippen molar-refractivity contribution < 1.29 is 9.21 Å². The number of hydrogen-bond donors (Lipinski definition) is 2. The Bertz CT molecular complexity index is 675. The van der Waals surface area contributed by atoms with Gasteiger partial charge in [-0.1, -0.05) is 25.4 Å². The summed E-state index contributed by atoms with van der Waals surface area (Å²) in [5.74, 6) is 1.01. The van der Waals surface area contributed by atoms with Crippen LogP contribution in [0, 0.1) is 0 Å². The first-order valence-corrected chi connectivity index (χ1v) is 8.82. The summed E-state index contributed by atoms with van der Waals surface area (Å²) >= 11 is 6.30. The average Bonchev–Trinajstić information content (AvgIpc) is 3.13. The van der Waals surface area contributed by atoms with Crippen LogP contribution in [0.15, 0.2) is 22.8 Å². The van der Waals surface area contributed by atoms with E-state index in [9.17, 15) is 4.79 Å². The van der Waals surface area contributed by atoms with E-state index >= 15 is 0 Å². The Balaban J connectivity index is 1.68. The molecule has 24 heavy (non-hydrogen) atoms. The monoisotopic (exact) mass is 350 g/mol. The number of furan rings is 1. The molecule has 1 saturated carbocycles. The van der Waals surface area contributed by atoms with E-state index in [1.165, 1.54) is 0 Å². The first-order chi connectivity index (χ1) is 11.7. The molecule has 130 valence electrons. The molecular formula is C17H23ClN4O2. The third-order valence-corrected chi connectivity index (χ3v) is 4.90. The molecule has 2 N–H and O–H groups in total. The van der Waals surface area contributed by atoms with Crippen LogP contribution in [0.3, 0.4) is 0 Å². The molecule has 6 nitrogen and oxygen atoms in total. The summed E-state index contributed by atoms with van der Waals surface area (Å²) in [5, 5.41) is 10.4. The quantitative estimate of drug-likeness (QED) is 0.765. The van der Waals surface area contributed by atoms with Crippen molar-refractivity contribution in [1.29, 1.82) is 0 Å². The molecule has 0 spiro atoms. The fourth-order valence-electron chi connectivity index (χ4n) is 2.96. The zero-order chi connectivity index (χ0) is 17.1. The molecule has 1 unspecified atom stereocenters. The van der Waals surface area contributed by atoms with E-state index in [0.29, 0.717) is 17.5 Å². The maximum absolute atomic E-state index is 12.5. The first-order valence-electron chi connectivity index (χ1n) is 8.45. The number of likely N-dealkylation sites (N-methyl/N-ethyl adjacent to an activating group) is 1. The minimum Gasteiger partial charge on any atom is -0.468 e. The third kappa shape index (κ3) is 3.49. The largest absolute Gasteiger partial charge is 0.468 e. The average molecular weight is 351 g/mol. The molecule has 1 aliphatic rings. The van der Waals surface area contributed by atoms with Crippen LogP contribution in [0.1, 0.15) is 60.6 Å². The van der Waals surface area contributed by atoms with Gasteiger partial charge in [0.05, 0.1) is 23.0 Å². The fraction of sp³-hybridized carbons (Fsp3) is 0.529. The van der Waals surface area contributed by atoms with Gasteiger partial charge < -0.3 is 9.73 Å². The molecule has 2 aromatic heterocycles. The van der Waals surface area contributed by atoms with Crippen molar-refractivity contribution in [2.24, 2.45) is 0 Å². The van der Waals surface area contributed by atoms with E-state index in [4.69, 9.17) is 16.0 Å². The topological polar surface area (TPSA) is 74.2 Å². The summed E-state index contributed by atoms with van der Waals surface area (Å²) in [6.45, 7) is 6.36. The molecule has 3 rings (SSSR count). The summed E-state index contributed by atoms with van der Waals surface area (Å²) in [5.41, 5.74) is 1.16. The minimum atomic E-state index is -0.258. The van der Waals surface area contributed by atoms with E-state index in [2.05, 4.69) is 34.3 Å². The molecule has 2 heterocycles. The molecule has 0 aliphatic heterocycles. The smallest absolute Gasteiger partial charge is 0.273 e. The Hall–Kier alpha value is -1.79. The van der Waals surface area contributed by atoms with E-state index in [0.717, 1.165) is 37.4 Å². The van der Waals surface area contributed by atoms with E-state index in [1.54, 1.807) is 6.26 Å². The number of aromatic nitrogens is 2. The van der Waals surface area contributed by atoms with Crippen molar-refractivity contribution in [2.75, 3.05) is 19.6 Å². The molecule has 0 bridgehead atoms. The number of aromatic amines is 1. The third-order valence-electron chi connectivity index (χ3n) is 4.51. The van der Waals surface area contributed by atoms with Crippen molar-refractivity contribution in [3.63, 3.8) is 0 Å². The molecule has 1 aliphatic carbocycles. The lowest BCUT2D eigenvalue weighted by Gasteiger charge is -2.28. The zero-order valence-corrected chi connectivity index (χ0v) is 14.8. The number of rotatable bonds is 8. The van der Waals surface area contributed by atoms with Gasteiger partial charge in [-0.3, -0.25) is 14.8 Å². The van der Waals surface area contributed by atoms with Gasteiger partial charge in [0.1, 0.15) is 5.76 Å². The van der Waals surface area contributed by atoms with Crippen LogP contribution in [0.2, 0.25) is 5.02 Å². The molecule has 1 atom stereocenters. The predicted molar refractivity (Wildman–Crippen MR) is 92.3 cm³/mol. The number of carbonyl (C=O) groups excluding carboxylic acids is 1. The van der Waals surface area contributed by atoms with Gasteiger partial charge in [0.2, 0.25) is 0 Å². The lowest BCUT2D eigenvalue weighted by Crippen LogP contribution is -2.38. The van der Waals surface area contributed by atoms with Gasteiger partial charge in [0.25, 0.3) is 5.91 Å². The number of nitrogens with one attached hydrogen (secondary N) is 2. The number of amides is 1.